The third kappa shape index (κ3) is 3.54. The van der Waals surface area contributed by atoms with Crippen molar-refractivity contribution in [2.75, 3.05) is 31.6 Å². The van der Waals surface area contributed by atoms with Gasteiger partial charge in [-0.3, -0.25) is 0 Å². The fourth-order valence-corrected chi connectivity index (χ4v) is 2.03. The number of nitrogens with zero attached hydrogens (tertiary/aromatic N) is 2. The van der Waals surface area contributed by atoms with E-state index in [1.807, 2.05) is 11.8 Å². The Hall–Kier alpha value is -1.40. The Labute approximate surface area is 117 Å². The van der Waals surface area contributed by atoms with Crippen molar-refractivity contribution in [3.63, 3.8) is 0 Å². The third-order valence-corrected chi connectivity index (χ3v) is 2.93. The number of pyridine rings is 1. The zero-order chi connectivity index (χ0) is 13.1. The summed E-state index contributed by atoms with van der Waals surface area (Å²) in [5.74, 6) is -1.26. The van der Waals surface area contributed by atoms with Gasteiger partial charge in [-0.25, -0.2) is 9.78 Å². The van der Waals surface area contributed by atoms with Crippen LogP contribution in [0.4, 0.5) is 10.1 Å². The van der Waals surface area contributed by atoms with E-state index in [0.29, 0.717) is 11.7 Å². The molecule has 1 atom stereocenters. The van der Waals surface area contributed by atoms with Gasteiger partial charge in [-0.15, -0.1) is 12.4 Å². The van der Waals surface area contributed by atoms with Crippen LogP contribution in [-0.2, 0) is 4.74 Å². The first-order chi connectivity index (χ1) is 8.61. The van der Waals surface area contributed by atoms with Gasteiger partial charge >= 0.3 is 5.97 Å². The molecule has 0 unspecified atom stereocenters. The zero-order valence-corrected chi connectivity index (χ0v) is 11.7. The minimum absolute atomic E-state index is 0. The molecule has 0 amide bonds. The van der Waals surface area contributed by atoms with Crippen LogP contribution in [0, 0.1) is 5.95 Å². The number of aromatic nitrogens is 1. The number of carbonyl (C=O) groups is 1. The van der Waals surface area contributed by atoms with Crippen LogP contribution in [0.25, 0.3) is 0 Å². The number of rotatable bonds is 2. The van der Waals surface area contributed by atoms with E-state index in [0.717, 1.165) is 19.6 Å². The second kappa shape index (κ2) is 6.68. The number of ether oxygens (including phenoxy) is 1. The molecule has 0 spiro atoms. The van der Waals surface area contributed by atoms with Crippen LogP contribution in [0.3, 0.4) is 0 Å². The van der Waals surface area contributed by atoms with Crippen molar-refractivity contribution in [2.45, 2.75) is 13.0 Å². The molecule has 5 nitrogen and oxygen atoms in total. The van der Waals surface area contributed by atoms with Crippen molar-refractivity contribution in [3.05, 3.63) is 23.8 Å². The maximum Gasteiger partial charge on any atom is 0.356 e. The smallest absolute Gasteiger partial charge is 0.356 e. The van der Waals surface area contributed by atoms with Crippen LogP contribution in [0.2, 0.25) is 0 Å². The first kappa shape index (κ1) is 15.7. The number of hydrogen-bond acceptors (Lipinski definition) is 5. The maximum atomic E-state index is 13.9. The molecule has 1 aromatic heterocycles. The van der Waals surface area contributed by atoms with Gasteiger partial charge in [0, 0.05) is 25.7 Å². The van der Waals surface area contributed by atoms with Crippen LogP contribution in [0.5, 0.6) is 0 Å². The van der Waals surface area contributed by atoms with Gasteiger partial charge < -0.3 is 15.0 Å². The lowest BCUT2D eigenvalue weighted by molar-refractivity contribution is 0.0592. The number of esters is 1. The summed E-state index contributed by atoms with van der Waals surface area (Å²) in [4.78, 5) is 16.8. The Morgan fingerprint density at radius 2 is 2.32 bits per heavy atom. The molecule has 1 aromatic rings. The molecule has 0 bridgehead atoms. The van der Waals surface area contributed by atoms with E-state index in [-0.39, 0.29) is 18.1 Å². The lowest BCUT2D eigenvalue weighted by Crippen LogP contribution is -2.49. The Morgan fingerprint density at radius 1 is 1.58 bits per heavy atom. The summed E-state index contributed by atoms with van der Waals surface area (Å²) in [6.45, 7) is 4.29. The number of carbonyl (C=O) groups excluding carboxylic acids is 1. The average molecular weight is 290 g/mol. The molecule has 106 valence electrons. The second-order valence-corrected chi connectivity index (χ2v) is 4.30. The fraction of sp³-hybridized carbons (Fsp3) is 0.500. The molecule has 0 aromatic carbocycles. The molecule has 0 aliphatic carbocycles. The minimum Gasteiger partial charge on any atom is -0.464 e. The first-order valence-corrected chi connectivity index (χ1v) is 5.85. The normalized spacial score (nSPS) is 18.7. The van der Waals surface area contributed by atoms with Crippen LogP contribution in [0.1, 0.15) is 17.4 Å². The van der Waals surface area contributed by atoms with E-state index in [9.17, 15) is 9.18 Å². The van der Waals surface area contributed by atoms with E-state index in [1.165, 1.54) is 13.2 Å². The number of anilines is 1. The molecule has 19 heavy (non-hydrogen) atoms. The molecule has 1 N–H and O–H groups in total. The van der Waals surface area contributed by atoms with E-state index >= 15 is 0 Å². The van der Waals surface area contributed by atoms with E-state index < -0.39 is 11.9 Å². The number of halogens is 2. The molecule has 1 saturated heterocycles. The van der Waals surface area contributed by atoms with Gasteiger partial charge in [0.25, 0.3) is 0 Å². The molecule has 2 rings (SSSR count). The molecule has 1 fully saturated rings. The summed E-state index contributed by atoms with van der Waals surface area (Å²) >= 11 is 0. The standard InChI is InChI=1S/C12H16FN3O2.ClH/c1-8-7-16(6-5-14-8)10-4-3-9(12(17)18-2)15-11(10)13;/h3-4,8,14H,5-7H2,1-2H3;1H/t8-;/m1./s1. The van der Waals surface area contributed by atoms with E-state index in [4.69, 9.17) is 0 Å². The zero-order valence-electron chi connectivity index (χ0n) is 10.9. The molecule has 0 radical (unpaired) electrons. The Morgan fingerprint density at radius 3 is 2.89 bits per heavy atom. The van der Waals surface area contributed by atoms with Crippen molar-refractivity contribution >= 4 is 24.1 Å². The molecule has 7 heteroatoms. The number of piperazine rings is 1. The maximum absolute atomic E-state index is 13.9. The lowest BCUT2D eigenvalue weighted by atomic mass is 10.2. The monoisotopic (exact) mass is 289 g/mol. The highest BCUT2D eigenvalue weighted by Gasteiger charge is 2.20. The van der Waals surface area contributed by atoms with Crippen LogP contribution < -0.4 is 10.2 Å². The second-order valence-electron chi connectivity index (χ2n) is 4.30. The number of hydrogen-bond donors (Lipinski definition) is 1. The highest BCUT2D eigenvalue weighted by Crippen LogP contribution is 2.19. The van der Waals surface area contributed by atoms with Gasteiger partial charge in [0.05, 0.1) is 12.8 Å². The highest BCUT2D eigenvalue weighted by atomic mass is 35.5. The lowest BCUT2D eigenvalue weighted by Gasteiger charge is -2.33. The Kier molecular flexibility index (Phi) is 5.50. The van der Waals surface area contributed by atoms with Crippen molar-refractivity contribution in [1.82, 2.24) is 10.3 Å². The number of methoxy groups -OCH3 is 1. The van der Waals surface area contributed by atoms with Gasteiger partial charge in [0.1, 0.15) is 0 Å². The summed E-state index contributed by atoms with van der Waals surface area (Å²) in [5, 5.41) is 3.28. The summed E-state index contributed by atoms with van der Waals surface area (Å²) in [6.07, 6.45) is 0. The molecular formula is C12H17ClFN3O2. The van der Waals surface area contributed by atoms with Crippen LogP contribution in [0.15, 0.2) is 12.1 Å². The molecular weight excluding hydrogens is 273 g/mol. The van der Waals surface area contributed by atoms with Crippen molar-refractivity contribution in [1.29, 1.82) is 0 Å². The van der Waals surface area contributed by atoms with Crippen molar-refractivity contribution in [3.8, 4) is 0 Å². The average Bonchev–Trinajstić information content (AvgIpc) is 2.37. The Balaban J connectivity index is 0.00000180. The molecule has 2 heterocycles. The van der Waals surface area contributed by atoms with E-state index in [1.54, 1.807) is 6.07 Å². The van der Waals surface area contributed by atoms with Gasteiger partial charge in [0.2, 0.25) is 5.95 Å². The van der Waals surface area contributed by atoms with Crippen molar-refractivity contribution in [2.24, 2.45) is 0 Å². The van der Waals surface area contributed by atoms with Gasteiger partial charge in [-0.1, -0.05) is 0 Å². The first-order valence-electron chi connectivity index (χ1n) is 5.85. The summed E-state index contributed by atoms with van der Waals surface area (Å²) in [5.41, 5.74) is 0.415. The van der Waals surface area contributed by atoms with Gasteiger partial charge in [-0.05, 0) is 19.1 Å². The van der Waals surface area contributed by atoms with Crippen LogP contribution >= 0.6 is 12.4 Å². The van der Waals surface area contributed by atoms with Gasteiger partial charge in [0.15, 0.2) is 5.69 Å². The predicted molar refractivity (Wildman–Crippen MR) is 72.5 cm³/mol. The fourth-order valence-electron chi connectivity index (χ4n) is 2.03. The molecule has 0 saturated carbocycles. The van der Waals surface area contributed by atoms with Gasteiger partial charge in [-0.2, -0.15) is 4.39 Å². The molecule has 1 aliphatic rings. The minimum atomic E-state index is -0.632. The quantitative estimate of drug-likeness (QED) is 0.655. The van der Waals surface area contributed by atoms with Crippen molar-refractivity contribution < 1.29 is 13.9 Å². The highest BCUT2D eigenvalue weighted by molar-refractivity contribution is 5.87. The predicted octanol–water partition coefficient (Wildman–Crippen LogP) is 1.23. The van der Waals surface area contributed by atoms with Crippen LogP contribution in [-0.4, -0.2) is 43.7 Å². The SMILES string of the molecule is COC(=O)c1ccc(N2CCN[C@H](C)C2)c(F)n1.Cl. The largest absolute Gasteiger partial charge is 0.464 e. The third-order valence-electron chi connectivity index (χ3n) is 2.93. The summed E-state index contributed by atoms with van der Waals surface area (Å²) < 4.78 is 18.4. The summed E-state index contributed by atoms with van der Waals surface area (Å²) in [7, 11) is 1.24. The molecule has 1 aliphatic heterocycles. The topological polar surface area (TPSA) is 54.5 Å². The summed E-state index contributed by atoms with van der Waals surface area (Å²) in [6, 6.07) is 3.36. The van der Waals surface area contributed by atoms with E-state index in [2.05, 4.69) is 15.0 Å². The Bertz CT molecular complexity index is 459. The number of nitrogens with one attached hydrogen (secondary N) is 1.